The third-order valence-electron chi connectivity index (χ3n) is 7.35. The molecule has 172 valence electrons. The van der Waals surface area contributed by atoms with E-state index in [1.54, 1.807) is 0 Å². The van der Waals surface area contributed by atoms with E-state index in [0.29, 0.717) is 6.61 Å². The first kappa shape index (κ1) is 23.0. The summed E-state index contributed by atoms with van der Waals surface area (Å²) >= 11 is 0. The van der Waals surface area contributed by atoms with Crippen molar-refractivity contribution in [1.29, 1.82) is 0 Å². The number of benzene rings is 2. The second-order valence-electron chi connectivity index (χ2n) is 10.1. The number of nitrogens with zero attached hydrogens (tertiary/aromatic N) is 2. The predicted molar refractivity (Wildman–Crippen MR) is 134 cm³/mol. The summed E-state index contributed by atoms with van der Waals surface area (Å²) < 4.78 is 0. The molecule has 1 saturated carbocycles. The van der Waals surface area contributed by atoms with Crippen LogP contribution in [0.2, 0.25) is 0 Å². The van der Waals surface area contributed by atoms with E-state index < -0.39 is 0 Å². The monoisotopic (exact) mass is 432 g/mol. The zero-order valence-corrected chi connectivity index (χ0v) is 20.5. The SMILES string of the molecule is CCc1cc(/C(C)=N/OCc2ccc(C3CCCCC3)c(C)c2)ccc1CN1CC(C)C1. The Balaban J connectivity index is 1.35. The Kier molecular flexibility index (Phi) is 7.67. The highest BCUT2D eigenvalue weighted by Crippen LogP contribution is 2.34. The zero-order chi connectivity index (χ0) is 22.5. The van der Waals surface area contributed by atoms with Crippen molar-refractivity contribution in [1.82, 2.24) is 4.90 Å². The van der Waals surface area contributed by atoms with E-state index >= 15 is 0 Å². The van der Waals surface area contributed by atoms with Gasteiger partial charge in [-0.15, -0.1) is 0 Å². The molecule has 0 N–H and O–H groups in total. The van der Waals surface area contributed by atoms with Gasteiger partial charge in [-0.1, -0.05) is 68.6 Å². The largest absolute Gasteiger partial charge is 0.391 e. The molecule has 0 atom stereocenters. The molecule has 2 aromatic carbocycles. The minimum absolute atomic E-state index is 0.523. The zero-order valence-electron chi connectivity index (χ0n) is 20.5. The van der Waals surface area contributed by atoms with E-state index in [-0.39, 0.29) is 0 Å². The Bertz CT molecular complexity index is 936. The Morgan fingerprint density at radius 3 is 2.50 bits per heavy atom. The lowest BCUT2D eigenvalue weighted by Crippen LogP contribution is -2.44. The third-order valence-corrected chi connectivity index (χ3v) is 7.35. The smallest absolute Gasteiger partial charge is 0.142 e. The molecule has 0 radical (unpaired) electrons. The molecule has 1 aliphatic heterocycles. The van der Waals surface area contributed by atoms with E-state index in [0.717, 1.165) is 36.1 Å². The molecule has 3 nitrogen and oxygen atoms in total. The molecule has 2 aliphatic rings. The maximum absolute atomic E-state index is 5.76. The fourth-order valence-electron chi connectivity index (χ4n) is 5.49. The molecule has 3 heteroatoms. The summed E-state index contributed by atoms with van der Waals surface area (Å²) in [5, 5.41) is 4.44. The molecule has 1 aliphatic carbocycles. The standard InChI is InChI=1S/C29H40N2O/c1-5-25-16-27(12-13-28(25)19-31-17-21(2)18-31)23(4)30-32-20-24-11-14-29(22(3)15-24)26-9-7-6-8-10-26/h11-16,21,26H,5-10,17-20H2,1-4H3/b30-23+. The highest BCUT2D eigenvalue weighted by Gasteiger charge is 2.23. The molecule has 2 fully saturated rings. The van der Waals surface area contributed by atoms with Crippen LogP contribution in [0.5, 0.6) is 0 Å². The minimum atomic E-state index is 0.523. The van der Waals surface area contributed by atoms with Gasteiger partial charge in [0.15, 0.2) is 0 Å². The Labute approximate surface area is 194 Å². The van der Waals surface area contributed by atoms with E-state index in [1.165, 1.54) is 73.0 Å². The van der Waals surface area contributed by atoms with Gasteiger partial charge in [-0.05, 0) is 84.4 Å². The molecule has 0 unspecified atom stereocenters. The molecular formula is C29H40N2O. The van der Waals surface area contributed by atoms with Gasteiger partial charge in [0.25, 0.3) is 0 Å². The second-order valence-corrected chi connectivity index (χ2v) is 10.1. The minimum Gasteiger partial charge on any atom is -0.391 e. The van der Waals surface area contributed by atoms with Crippen molar-refractivity contribution >= 4 is 5.71 Å². The third kappa shape index (κ3) is 5.61. The first-order valence-corrected chi connectivity index (χ1v) is 12.6. The Morgan fingerprint density at radius 1 is 1.03 bits per heavy atom. The summed E-state index contributed by atoms with van der Waals surface area (Å²) in [6, 6.07) is 13.6. The van der Waals surface area contributed by atoms with E-state index in [1.807, 2.05) is 6.92 Å². The Hall–Kier alpha value is -2.13. The maximum atomic E-state index is 5.76. The molecule has 1 saturated heterocycles. The van der Waals surface area contributed by atoms with Gasteiger partial charge in [0.2, 0.25) is 0 Å². The summed E-state index contributed by atoms with van der Waals surface area (Å²) in [5.41, 5.74) is 9.11. The van der Waals surface area contributed by atoms with Crippen molar-refractivity contribution in [3.8, 4) is 0 Å². The van der Waals surface area contributed by atoms with Crippen LogP contribution in [0.15, 0.2) is 41.6 Å². The molecule has 32 heavy (non-hydrogen) atoms. The van der Waals surface area contributed by atoms with Crippen molar-refractivity contribution in [2.45, 2.75) is 85.3 Å². The summed E-state index contributed by atoms with van der Waals surface area (Å²) in [7, 11) is 0. The van der Waals surface area contributed by atoms with Gasteiger partial charge >= 0.3 is 0 Å². The number of rotatable bonds is 8. The van der Waals surface area contributed by atoms with E-state index in [2.05, 4.69) is 67.2 Å². The number of likely N-dealkylation sites (tertiary alicyclic amines) is 1. The molecule has 2 aromatic rings. The molecule has 0 aromatic heterocycles. The van der Waals surface area contributed by atoms with Crippen molar-refractivity contribution in [2.75, 3.05) is 13.1 Å². The lowest BCUT2D eigenvalue weighted by Gasteiger charge is -2.37. The van der Waals surface area contributed by atoms with Crippen LogP contribution >= 0.6 is 0 Å². The van der Waals surface area contributed by atoms with Gasteiger partial charge in [0.05, 0.1) is 5.71 Å². The van der Waals surface area contributed by atoms with Gasteiger partial charge in [0, 0.05) is 19.6 Å². The van der Waals surface area contributed by atoms with Gasteiger partial charge in [0.1, 0.15) is 6.61 Å². The lowest BCUT2D eigenvalue weighted by molar-refractivity contribution is 0.104. The topological polar surface area (TPSA) is 24.8 Å². The van der Waals surface area contributed by atoms with Crippen LogP contribution in [0.25, 0.3) is 0 Å². The molecule has 0 bridgehead atoms. The number of hydrogen-bond acceptors (Lipinski definition) is 3. The quantitative estimate of drug-likeness (QED) is 0.331. The predicted octanol–water partition coefficient (Wildman–Crippen LogP) is 7.00. The molecule has 1 heterocycles. The van der Waals surface area contributed by atoms with Crippen LogP contribution in [0.3, 0.4) is 0 Å². The Morgan fingerprint density at radius 2 is 1.81 bits per heavy atom. The van der Waals surface area contributed by atoms with Gasteiger partial charge in [-0.2, -0.15) is 0 Å². The van der Waals surface area contributed by atoms with Crippen LogP contribution in [0, 0.1) is 12.8 Å². The van der Waals surface area contributed by atoms with Crippen LogP contribution in [0.4, 0.5) is 0 Å². The first-order chi connectivity index (χ1) is 15.5. The fourth-order valence-corrected chi connectivity index (χ4v) is 5.49. The summed E-state index contributed by atoms with van der Waals surface area (Å²) in [5.74, 6) is 1.59. The fraction of sp³-hybridized carbons (Fsp3) is 0.552. The number of oxime groups is 1. The van der Waals surface area contributed by atoms with E-state index in [9.17, 15) is 0 Å². The average Bonchev–Trinajstić information content (AvgIpc) is 2.79. The first-order valence-electron chi connectivity index (χ1n) is 12.6. The normalized spacial score (nSPS) is 18.6. The molecular weight excluding hydrogens is 392 g/mol. The van der Waals surface area contributed by atoms with Crippen LogP contribution in [0.1, 0.15) is 92.2 Å². The van der Waals surface area contributed by atoms with Gasteiger partial charge in [-0.3, -0.25) is 4.90 Å². The highest BCUT2D eigenvalue weighted by atomic mass is 16.6. The van der Waals surface area contributed by atoms with Gasteiger partial charge in [-0.25, -0.2) is 0 Å². The summed E-state index contributed by atoms with van der Waals surface area (Å²) in [6.07, 6.45) is 7.89. The van der Waals surface area contributed by atoms with Crippen LogP contribution < -0.4 is 0 Å². The average molecular weight is 433 g/mol. The maximum Gasteiger partial charge on any atom is 0.142 e. The molecule has 0 spiro atoms. The lowest BCUT2D eigenvalue weighted by atomic mass is 9.82. The second kappa shape index (κ2) is 10.7. The number of aryl methyl sites for hydroxylation is 2. The van der Waals surface area contributed by atoms with Crippen molar-refractivity contribution in [3.05, 3.63) is 69.8 Å². The summed E-state index contributed by atoms with van der Waals surface area (Å²) in [6.45, 7) is 12.9. The van der Waals surface area contributed by atoms with Gasteiger partial charge < -0.3 is 4.84 Å². The summed E-state index contributed by atoms with van der Waals surface area (Å²) in [4.78, 5) is 8.29. The number of hydrogen-bond donors (Lipinski definition) is 0. The van der Waals surface area contributed by atoms with Crippen molar-refractivity contribution in [3.63, 3.8) is 0 Å². The van der Waals surface area contributed by atoms with Crippen LogP contribution in [-0.4, -0.2) is 23.7 Å². The van der Waals surface area contributed by atoms with Crippen molar-refractivity contribution < 1.29 is 4.84 Å². The molecule has 0 amide bonds. The molecule has 4 rings (SSSR count). The van der Waals surface area contributed by atoms with Crippen LogP contribution in [-0.2, 0) is 24.4 Å². The highest BCUT2D eigenvalue weighted by molar-refractivity contribution is 5.98. The van der Waals surface area contributed by atoms with E-state index in [4.69, 9.17) is 4.84 Å². The van der Waals surface area contributed by atoms with Crippen molar-refractivity contribution in [2.24, 2.45) is 11.1 Å².